The highest BCUT2D eigenvalue weighted by molar-refractivity contribution is 6.21. The maximum atomic E-state index is 11.5. The number of imide groups is 1. The first-order valence-corrected chi connectivity index (χ1v) is 4.04. The summed E-state index contributed by atoms with van der Waals surface area (Å²) in [5.41, 5.74) is 3.02. The summed E-state index contributed by atoms with van der Waals surface area (Å²) in [6.45, 7) is 0. The van der Waals surface area contributed by atoms with Crippen LogP contribution in [-0.2, 0) is 0 Å². The van der Waals surface area contributed by atoms with Crippen LogP contribution in [0.25, 0.3) is 0 Å². The summed E-state index contributed by atoms with van der Waals surface area (Å²) in [4.78, 5) is 23.0. The molecule has 0 spiro atoms. The van der Waals surface area contributed by atoms with E-state index in [0.29, 0.717) is 5.56 Å². The lowest BCUT2D eigenvalue weighted by Gasteiger charge is -2.09. The summed E-state index contributed by atoms with van der Waals surface area (Å²) >= 11 is 0. The lowest BCUT2D eigenvalue weighted by atomic mass is 10.1. The Kier molecular flexibility index (Phi) is 1.75. The van der Waals surface area contributed by atoms with Gasteiger partial charge in [0, 0.05) is 7.05 Å². The second-order valence-electron chi connectivity index (χ2n) is 2.90. The smallest absolute Gasteiger partial charge is 0.276 e. The zero-order chi connectivity index (χ0) is 10.3. The van der Waals surface area contributed by atoms with Crippen molar-refractivity contribution in [1.29, 1.82) is 0 Å². The molecule has 0 radical (unpaired) electrons. The van der Waals surface area contributed by atoms with Crippen molar-refractivity contribution in [1.82, 2.24) is 10.4 Å². The first kappa shape index (κ1) is 8.71. The number of carbonyl (C=O) groups excluding carboxylic acids is 2. The van der Waals surface area contributed by atoms with E-state index in [1.54, 1.807) is 0 Å². The molecule has 0 saturated carbocycles. The zero-order valence-corrected chi connectivity index (χ0v) is 7.44. The van der Waals surface area contributed by atoms with E-state index in [2.05, 4.69) is 5.43 Å². The second kappa shape index (κ2) is 2.81. The number of nitrogens with zero attached hydrogens (tertiary/aromatic N) is 1. The molecule has 0 aromatic heterocycles. The van der Waals surface area contributed by atoms with Crippen molar-refractivity contribution in [3.8, 4) is 5.75 Å². The van der Waals surface area contributed by atoms with E-state index >= 15 is 0 Å². The van der Waals surface area contributed by atoms with E-state index < -0.39 is 11.8 Å². The summed E-state index contributed by atoms with van der Waals surface area (Å²) in [6, 6.07) is 4.10. The monoisotopic (exact) mass is 192 g/mol. The van der Waals surface area contributed by atoms with Crippen LogP contribution in [0.2, 0.25) is 0 Å². The number of phenolic OH excluding ortho intramolecular Hbond substituents is 1. The molecule has 0 fully saturated rings. The first-order valence-electron chi connectivity index (χ1n) is 4.04. The predicted molar refractivity (Wildman–Crippen MR) is 47.7 cm³/mol. The van der Waals surface area contributed by atoms with Crippen LogP contribution >= 0.6 is 0 Å². The minimum atomic E-state index is -0.441. The van der Waals surface area contributed by atoms with E-state index in [9.17, 15) is 9.59 Å². The molecular weight excluding hydrogens is 184 g/mol. The predicted octanol–water partition coefficient (Wildman–Crippen LogP) is 0.123. The molecule has 0 bridgehead atoms. The molecule has 72 valence electrons. The average Bonchev–Trinajstić information content (AvgIpc) is 2.39. The fraction of sp³-hybridized carbons (Fsp3) is 0.111. The van der Waals surface area contributed by atoms with E-state index in [-0.39, 0.29) is 11.3 Å². The molecule has 2 N–H and O–H groups in total. The van der Waals surface area contributed by atoms with Crippen LogP contribution in [0.3, 0.4) is 0 Å². The number of benzene rings is 1. The number of hydrogen-bond acceptors (Lipinski definition) is 4. The molecule has 1 heterocycles. The SMILES string of the molecule is CNN1C(=O)c2ccc(O)cc2C1=O. The Balaban J connectivity index is 2.58. The van der Waals surface area contributed by atoms with Crippen LogP contribution in [0.15, 0.2) is 18.2 Å². The topological polar surface area (TPSA) is 69.6 Å². The number of amides is 2. The van der Waals surface area contributed by atoms with Gasteiger partial charge in [-0.1, -0.05) is 0 Å². The van der Waals surface area contributed by atoms with Crippen molar-refractivity contribution in [2.24, 2.45) is 0 Å². The molecule has 0 saturated heterocycles. The Labute approximate surface area is 79.9 Å². The third-order valence-electron chi connectivity index (χ3n) is 2.09. The summed E-state index contributed by atoms with van der Waals surface area (Å²) < 4.78 is 0. The number of fused-ring (bicyclic) bond motifs is 1. The van der Waals surface area contributed by atoms with Gasteiger partial charge in [-0.05, 0) is 18.2 Å². The van der Waals surface area contributed by atoms with Gasteiger partial charge in [-0.25, -0.2) is 10.4 Å². The fourth-order valence-electron chi connectivity index (χ4n) is 1.43. The first-order chi connectivity index (χ1) is 6.65. The number of carbonyl (C=O) groups is 2. The second-order valence-corrected chi connectivity index (χ2v) is 2.90. The van der Waals surface area contributed by atoms with Gasteiger partial charge in [0.15, 0.2) is 0 Å². The standard InChI is InChI=1S/C9H8N2O3/c1-10-11-8(13)6-3-2-5(12)4-7(6)9(11)14/h2-4,10,12H,1H3. The number of aromatic hydroxyl groups is 1. The van der Waals surface area contributed by atoms with Crippen LogP contribution in [0.4, 0.5) is 0 Å². The number of hydrazine groups is 1. The molecule has 1 aliphatic heterocycles. The van der Waals surface area contributed by atoms with Crippen LogP contribution in [0.1, 0.15) is 20.7 Å². The lowest BCUT2D eigenvalue weighted by molar-refractivity contribution is 0.0586. The minimum Gasteiger partial charge on any atom is -0.508 e. The molecule has 14 heavy (non-hydrogen) atoms. The van der Waals surface area contributed by atoms with Crippen molar-refractivity contribution in [3.63, 3.8) is 0 Å². The van der Waals surface area contributed by atoms with Crippen LogP contribution in [0, 0.1) is 0 Å². The van der Waals surface area contributed by atoms with Gasteiger partial charge in [0.05, 0.1) is 11.1 Å². The molecule has 1 aliphatic rings. The lowest BCUT2D eigenvalue weighted by Crippen LogP contribution is -2.39. The number of phenols is 1. The Morgan fingerprint density at radius 2 is 1.86 bits per heavy atom. The molecule has 0 aliphatic carbocycles. The molecule has 2 amide bonds. The Bertz CT molecular complexity index is 428. The molecular formula is C9H8N2O3. The van der Waals surface area contributed by atoms with Gasteiger partial charge in [-0.2, -0.15) is 0 Å². The van der Waals surface area contributed by atoms with E-state index in [0.717, 1.165) is 5.01 Å². The maximum absolute atomic E-state index is 11.5. The van der Waals surface area contributed by atoms with E-state index in [4.69, 9.17) is 5.11 Å². The van der Waals surface area contributed by atoms with Crippen molar-refractivity contribution in [2.45, 2.75) is 0 Å². The van der Waals surface area contributed by atoms with Gasteiger partial charge in [0.1, 0.15) is 5.75 Å². The van der Waals surface area contributed by atoms with E-state index in [1.165, 1.54) is 25.2 Å². The van der Waals surface area contributed by atoms with Gasteiger partial charge in [-0.15, -0.1) is 0 Å². The average molecular weight is 192 g/mol. The number of hydrogen-bond donors (Lipinski definition) is 2. The largest absolute Gasteiger partial charge is 0.508 e. The van der Waals surface area contributed by atoms with Gasteiger partial charge in [0.25, 0.3) is 11.8 Å². The summed E-state index contributed by atoms with van der Waals surface area (Å²) in [6.07, 6.45) is 0. The zero-order valence-electron chi connectivity index (χ0n) is 7.44. The van der Waals surface area contributed by atoms with Crippen molar-refractivity contribution in [2.75, 3.05) is 7.05 Å². The van der Waals surface area contributed by atoms with Crippen molar-refractivity contribution in [3.05, 3.63) is 29.3 Å². The molecule has 1 aromatic carbocycles. The van der Waals surface area contributed by atoms with Crippen LogP contribution in [-0.4, -0.2) is 29.0 Å². The Morgan fingerprint density at radius 1 is 1.21 bits per heavy atom. The van der Waals surface area contributed by atoms with Crippen LogP contribution < -0.4 is 5.43 Å². The fourth-order valence-corrected chi connectivity index (χ4v) is 1.43. The molecule has 1 aromatic rings. The molecule has 2 rings (SSSR count). The number of nitrogens with one attached hydrogen (secondary N) is 1. The molecule has 5 heteroatoms. The normalized spacial score (nSPS) is 14.8. The van der Waals surface area contributed by atoms with Crippen molar-refractivity contribution >= 4 is 11.8 Å². The Hall–Kier alpha value is -1.88. The molecule has 5 nitrogen and oxygen atoms in total. The van der Waals surface area contributed by atoms with Crippen molar-refractivity contribution < 1.29 is 14.7 Å². The van der Waals surface area contributed by atoms with Crippen LogP contribution in [0.5, 0.6) is 5.75 Å². The van der Waals surface area contributed by atoms with Gasteiger partial charge in [-0.3, -0.25) is 9.59 Å². The minimum absolute atomic E-state index is 0.0251. The van der Waals surface area contributed by atoms with E-state index in [1.807, 2.05) is 0 Å². The summed E-state index contributed by atoms with van der Waals surface area (Å²) in [5, 5.41) is 10.1. The third kappa shape index (κ3) is 0.993. The Morgan fingerprint density at radius 3 is 2.50 bits per heavy atom. The molecule has 0 unspecified atom stereocenters. The summed E-state index contributed by atoms with van der Waals surface area (Å²) in [7, 11) is 1.49. The quantitative estimate of drug-likeness (QED) is 0.620. The van der Waals surface area contributed by atoms with Gasteiger partial charge in [0.2, 0.25) is 0 Å². The number of rotatable bonds is 1. The summed E-state index contributed by atoms with van der Waals surface area (Å²) in [5.74, 6) is -0.862. The highest BCUT2D eigenvalue weighted by Crippen LogP contribution is 2.24. The highest BCUT2D eigenvalue weighted by atomic mass is 16.3. The maximum Gasteiger partial charge on any atom is 0.276 e. The van der Waals surface area contributed by atoms with Gasteiger partial charge < -0.3 is 5.11 Å². The van der Waals surface area contributed by atoms with Gasteiger partial charge >= 0.3 is 0 Å². The third-order valence-corrected chi connectivity index (χ3v) is 2.09. The molecule has 0 atom stereocenters. The highest BCUT2D eigenvalue weighted by Gasteiger charge is 2.34.